The van der Waals surface area contributed by atoms with Gasteiger partial charge in [0.25, 0.3) is 0 Å². The first-order valence-electron chi connectivity index (χ1n) is 6.08. The molecule has 0 unspecified atom stereocenters. The van der Waals surface area contributed by atoms with Gasteiger partial charge in [-0.1, -0.05) is 0 Å². The second kappa shape index (κ2) is 7.66. The molecule has 18 heavy (non-hydrogen) atoms. The molecule has 4 nitrogen and oxygen atoms in total. The highest BCUT2D eigenvalue weighted by Gasteiger charge is 2.08. The summed E-state index contributed by atoms with van der Waals surface area (Å²) >= 11 is 0. The van der Waals surface area contributed by atoms with E-state index in [0.29, 0.717) is 19.5 Å². The number of carbonyl (C=O) groups is 1. The Morgan fingerprint density at radius 1 is 1.33 bits per heavy atom. The van der Waals surface area contributed by atoms with Crippen LogP contribution in [-0.4, -0.2) is 32.6 Å². The van der Waals surface area contributed by atoms with E-state index < -0.39 is 0 Å². The Kier molecular flexibility index (Phi) is 6.14. The highest BCUT2D eigenvalue weighted by Crippen LogP contribution is 2.15. The topological polar surface area (TPSA) is 58.4 Å². The molecule has 0 radical (unpaired) electrons. The van der Waals surface area contributed by atoms with Gasteiger partial charge in [0.2, 0.25) is 5.91 Å². The maximum absolute atomic E-state index is 12.9. The Balaban J connectivity index is 2.64. The second-order valence-electron chi connectivity index (χ2n) is 4.03. The lowest BCUT2D eigenvalue weighted by atomic mass is 10.2. The molecule has 0 bridgehead atoms. The van der Waals surface area contributed by atoms with Crippen molar-refractivity contribution in [1.29, 1.82) is 0 Å². The molecule has 5 heteroatoms. The van der Waals surface area contributed by atoms with Gasteiger partial charge in [-0.3, -0.25) is 4.79 Å². The Labute approximate surface area is 107 Å². The molecule has 0 saturated heterocycles. The van der Waals surface area contributed by atoms with Crippen LogP contribution >= 0.6 is 0 Å². The Bertz CT molecular complexity index is 367. The monoisotopic (exact) mass is 253 g/mol. The summed E-state index contributed by atoms with van der Waals surface area (Å²) in [6.45, 7) is 1.96. The molecule has 0 fully saturated rings. The zero-order chi connectivity index (χ0) is 13.4. The predicted octanol–water partition coefficient (Wildman–Crippen LogP) is 1.12. The first-order valence-corrected chi connectivity index (χ1v) is 6.08. The Hall–Kier alpha value is -1.62. The van der Waals surface area contributed by atoms with Crippen molar-refractivity contribution in [2.24, 2.45) is 5.73 Å². The van der Waals surface area contributed by atoms with Crippen molar-refractivity contribution in [2.75, 3.05) is 31.6 Å². The molecular weight excluding hydrogens is 233 g/mol. The molecule has 1 amide bonds. The number of nitrogens with one attached hydrogen (secondary N) is 1. The molecule has 0 spiro atoms. The maximum atomic E-state index is 12.9. The molecule has 100 valence electrons. The van der Waals surface area contributed by atoms with Gasteiger partial charge < -0.3 is 16.0 Å². The van der Waals surface area contributed by atoms with Gasteiger partial charge in [0.15, 0.2) is 0 Å². The van der Waals surface area contributed by atoms with Crippen LogP contribution in [0.15, 0.2) is 24.3 Å². The normalized spacial score (nSPS) is 10.2. The highest BCUT2D eigenvalue weighted by atomic mass is 19.1. The number of hydrogen-bond donors (Lipinski definition) is 2. The third kappa shape index (κ3) is 4.71. The van der Waals surface area contributed by atoms with Gasteiger partial charge in [-0.25, -0.2) is 4.39 Å². The van der Waals surface area contributed by atoms with E-state index in [2.05, 4.69) is 5.32 Å². The molecule has 0 atom stereocenters. The molecule has 0 aliphatic carbocycles. The van der Waals surface area contributed by atoms with Gasteiger partial charge in [-0.15, -0.1) is 0 Å². The average molecular weight is 253 g/mol. The van der Waals surface area contributed by atoms with Crippen LogP contribution in [0.25, 0.3) is 0 Å². The van der Waals surface area contributed by atoms with Gasteiger partial charge in [-0.2, -0.15) is 0 Å². The largest absolute Gasteiger partial charge is 0.371 e. The van der Waals surface area contributed by atoms with Crippen LogP contribution in [0.3, 0.4) is 0 Å². The number of amides is 1. The smallest absolute Gasteiger partial charge is 0.221 e. The van der Waals surface area contributed by atoms with Crippen molar-refractivity contribution in [1.82, 2.24) is 5.32 Å². The van der Waals surface area contributed by atoms with Crippen LogP contribution < -0.4 is 16.0 Å². The van der Waals surface area contributed by atoms with Crippen molar-refractivity contribution in [3.8, 4) is 0 Å². The van der Waals surface area contributed by atoms with Gasteiger partial charge in [-0.05, 0) is 37.2 Å². The summed E-state index contributed by atoms with van der Waals surface area (Å²) in [6, 6.07) is 6.28. The van der Waals surface area contributed by atoms with Crippen molar-refractivity contribution >= 4 is 11.6 Å². The van der Waals surface area contributed by atoms with Gasteiger partial charge >= 0.3 is 0 Å². The molecule has 1 rings (SSSR count). The standard InChI is InChI=1S/C13H20FN3O/c1-16-13(18)7-10-17(9-2-8-15)12-5-3-11(14)4-6-12/h3-6H,2,7-10,15H2,1H3,(H,16,18). The Morgan fingerprint density at radius 3 is 2.56 bits per heavy atom. The van der Waals surface area contributed by atoms with E-state index in [1.807, 2.05) is 4.90 Å². The molecule has 0 aliphatic heterocycles. The molecule has 0 aromatic heterocycles. The third-order valence-electron chi connectivity index (χ3n) is 2.71. The van der Waals surface area contributed by atoms with E-state index >= 15 is 0 Å². The summed E-state index contributed by atoms with van der Waals surface area (Å²) < 4.78 is 12.9. The quantitative estimate of drug-likeness (QED) is 0.765. The fourth-order valence-corrected chi connectivity index (χ4v) is 1.67. The number of anilines is 1. The highest BCUT2D eigenvalue weighted by molar-refractivity contribution is 5.76. The summed E-state index contributed by atoms with van der Waals surface area (Å²) in [4.78, 5) is 13.3. The minimum absolute atomic E-state index is 0.00476. The number of nitrogens with zero attached hydrogens (tertiary/aromatic N) is 1. The number of benzene rings is 1. The summed E-state index contributed by atoms with van der Waals surface area (Å²) in [5, 5.41) is 2.59. The lowest BCUT2D eigenvalue weighted by Gasteiger charge is -2.24. The molecule has 3 N–H and O–H groups in total. The van der Waals surface area contributed by atoms with E-state index in [0.717, 1.165) is 18.7 Å². The SMILES string of the molecule is CNC(=O)CCN(CCCN)c1ccc(F)cc1. The molecule has 1 aromatic rings. The van der Waals surface area contributed by atoms with Crippen molar-refractivity contribution in [3.63, 3.8) is 0 Å². The van der Waals surface area contributed by atoms with Crippen molar-refractivity contribution in [3.05, 3.63) is 30.1 Å². The lowest BCUT2D eigenvalue weighted by molar-refractivity contribution is -0.120. The molecule has 0 heterocycles. The predicted molar refractivity (Wildman–Crippen MR) is 71.0 cm³/mol. The number of nitrogens with two attached hydrogens (primary N) is 1. The van der Waals surface area contributed by atoms with E-state index in [9.17, 15) is 9.18 Å². The Morgan fingerprint density at radius 2 is 2.00 bits per heavy atom. The third-order valence-corrected chi connectivity index (χ3v) is 2.71. The van der Waals surface area contributed by atoms with Gasteiger partial charge in [0.1, 0.15) is 5.82 Å². The van der Waals surface area contributed by atoms with Crippen LogP contribution in [0.2, 0.25) is 0 Å². The minimum Gasteiger partial charge on any atom is -0.371 e. The average Bonchev–Trinajstić information content (AvgIpc) is 2.40. The summed E-state index contributed by atoms with van der Waals surface area (Å²) in [5.41, 5.74) is 6.41. The van der Waals surface area contributed by atoms with Crippen LogP contribution in [0.4, 0.5) is 10.1 Å². The zero-order valence-corrected chi connectivity index (χ0v) is 10.7. The van der Waals surface area contributed by atoms with E-state index in [1.165, 1.54) is 12.1 Å². The van der Waals surface area contributed by atoms with Gasteiger partial charge in [0, 0.05) is 32.2 Å². The second-order valence-corrected chi connectivity index (χ2v) is 4.03. The fraction of sp³-hybridized carbons (Fsp3) is 0.462. The van der Waals surface area contributed by atoms with Crippen LogP contribution in [-0.2, 0) is 4.79 Å². The molecular formula is C13H20FN3O. The lowest BCUT2D eigenvalue weighted by Crippen LogP contribution is -2.31. The zero-order valence-electron chi connectivity index (χ0n) is 10.7. The maximum Gasteiger partial charge on any atom is 0.221 e. The number of hydrogen-bond acceptors (Lipinski definition) is 3. The summed E-state index contributed by atoms with van der Waals surface area (Å²) in [5.74, 6) is -0.265. The number of halogens is 1. The summed E-state index contributed by atoms with van der Waals surface area (Å²) in [7, 11) is 1.62. The number of carbonyl (C=O) groups excluding carboxylic acids is 1. The van der Waals surface area contributed by atoms with Crippen LogP contribution in [0, 0.1) is 5.82 Å². The van der Waals surface area contributed by atoms with Crippen LogP contribution in [0.5, 0.6) is 0 Å². The van der Waals surface area contributed by atoms with E-state index in [4.69, 9.17) is 5.73 Å². The first kappa shape index (κ1) is 14.4. The molecule has 1 aromatic carbocycles. The van der Waals surface area contributed by atoms with E-state index in [-0.39, 0.29) is 11.7 Å². The van der Waals surface area contributed by atoms with E-state index in [1.54, 1.807) is 19.2 Å². The first-order chi connectivity index (χ1) is 8.67. The van der Waals surface area contributed by atoms with Crippen LogP contribution in [0.1, 0.15) is 12.8 Å². The van der Waals surface area contributed by atoms with Crippen molar-refractivity contribution in [2.45, 2.75) is 12.8 Å². The van der Waals surface area contributed by atoms with Gasteiger partial charge in [0.05, 0.1) is 0 Å². The minimum atomic E-state index is -0.260. The fourth-order valence-electron chi connectivity index (χ4n) is 1.67. The molecule has 0 aliphatic rings. The molecule has 0 saturated carbocycles. The van der Waals surface area contributed by atoms with Crippen molar-refractivity contribution < 1.29 is 9.18 Å². The summed E-state index contributed by atoms with van der Waals surface area (Å²) in [6.07, 6.45) is 1.25. The number of rotatable bonds is 7.